The van der Waals surface area contributed by atoms with Gasteiger partial charge in [0.2, 0.25) is 0 Å². The molecule has 28 heavy (non-hydrogen) atoms. The minimum atomic E-state index is -0.147. The van der Waals surface area contributed by atoms with Crippen LogP contribution >= 0.6 is 11.6 Å². The lowest BCUT2D eigenvalue weighted by Crippen LogP contribution is -2.51. The number of H-pyrrole nitrogens is 1. The summed E-state index contributed by atoms with van der Waals surface area (Å²) >= 11 is 6.30. The first-order chi connectivity index (χ1) is 13.5. The first-order valence-electron chi connectivity index (χ1n) is 9.44. The molecule has 1 saturated heterocycles. The Morgan fingerprint density at radius 2 is 2.00 bits per heavy atom. The molecule has 1 aliphatic heterocycles. The highest BCUT2D eigenvalue weighted by molar-refractivity contribution is 6.35. The zero-order valence-corrected chi connectivity index (χ0v) is 16.8. The maximum absolute atomic E-state index is 13.5. The molecular formula is C22H24ClN3O2. The Morgan fingerprint density at radius 1 is 1.21 bits per heavy atom. The summed E-state index contributed by atoms with van der Waals surface area (Å²) in [6, 6.07) is 17.5. The SMILES string of the molecule is CN(C)C[C@@H]1OCCN(C(=O)c2cc3c(Cl)cccc3[nH]2)[C@H]1c1ccccc1. The summed E-state index contributed by atoms with van der Waals surface area (Å²) in [6.45, 7) is 1.81. The number of carbonyl (C=O) groups is 1. The molecule has 2 heterocycles. The Morgan fingerprint density at radius 3 is 2.71 bits per heavy atom. The van der Waals surface area contributed by atoms with Crippen LogP contribution in [0.25, 0.3) is 10.9 Å². The third-order valence-electron chi connectivity index (χ3n) is 5.14. The van der Waals surface area contributed by atoms with E-state index in [9.17, 15) is 4.79 Å². The summed E-state index contributed by atoms with van der Waals surface area (Å²) in [5.41, 5.74) is 2.50. The van der Waals surface area contributed by atoms with E-state index in [2.05, 4.69) is 22.0 Å². The lowest BCUT2D eigenvalue weighted by atomic mass is 9.97. The largest absolute Gasteiger partial charge is 0.373 e. The first-order valence-corrected chi connectivity index (χ1v) is 9.82. The lowest BCUT2D eigenvalue weighted by molar-refractivity contribution is -0.0685. The fourth-order valence-corrected chi connectivity index (χ4v) is 4.14. The second-order valence-corrected chi connectivity index (χ2v) is 7.82. The summed E-state index contributed by atoms with van der Waals surface area (Å²) in [7, 11) is 4.04. The van der Waals surface area contributed by atoms with Crippen LogP contribution in [-0.4, -0.2) is 60.6 Å². The van der Waals surface area contributed by atoms with Gasteiger partial charge in [-0.15, -0.1) is 0 Å². The van der Waals surface area contributed by atoms with Crippen LogP contribution in [0, 0.1) is 0 Å². The van der Waals surface area contributed by atoms with Crippen molar-refractivity contribution >= 4 is 28.4 Å². The molecule has 3 aromatic rings. The molecule has 1 fully saturated rings. The van der Waals surface area contributed by atoms with Crippen molar-refractivity contribution < 1.29 is 9.53 Å². The van der Waals surface area contributed by atoms with Gasteiger partial charge in [-0.05, 0) is 37.9 Å². The van der Waals surface area contributed by atoms with E-state index >= 15 is 0 Å². The van der Waals surface area contributed by atoms with Gasteiger partial charge in [0.05, 0.1) is 18.8 Å². The van der Waals surface area contributed by atoms with Crippen LogP contribution in [0.15, 0.2) is 54.6 Å². The number of nitrogens with one attached hydrogen (secondary N) is 1. The van der Waals surface area contributed by atoms with Gasteiger partial charge in [0.15, 0.2) is 0 Å². The van der Waals surface area contributed by atoms with Crippen LogP contribution in [0.2, 0.25) is 5.02 Å². The normalized spacial score (nSPS) is 20.1. The Balaban J connectivity index is 1.71. The van der Waals surface area contributed by atoms with Gasteiger partial charge in [-0.1, -0.05) is 48.0 Å². The van der Waals surface area contributed by atoms with Gasteiger partial charge in [0.25, 0.3) is 5.91 Å². The van der Waals surface area contributed by atoms with Gasteiger partial charge in [0.1, 0.15) is 5.69 Å². The number of aromatic nitrogens is 1. The Hall–Kier alpha value is -2.34. The number of benzene rings is 2. The number of carbonyl (C=O) groups excluding carboxylic acids is 1. The number of hydrogen-bond donors (Lipinski definition) is 1. The molecule has 0 radical (unpaired) electrons. The van der Waals surface area contributed by atoms with Gasteiger partial charge in [-0.3, -0.25) is 4.79 Å². The fraction of sp³-hybridized carbons (Fsp3) is 0.318. The second-order valence-electron chi connectivity index (χ2n) is 7.41. The molecule has 0 aliphatic carbocycles. The topological polar surface area (TPSA) is 48.6 Å². The van der Waals surface area contributed by atoms with Crippen LogP contribution in [0.5, 0.6) is 0 Å². The smallest absolute Gasteiger partial charge is 0.270 e. The van der Waals surface area contributed by atoms with Crippen LogP contribution in [0.1, 0.15) is 22.1 Å². The first kappa shape index (κ1) is 19.0. The van der Waals surface area contributed by atoms with E-state index in [-0.39, 0.29) is 18.1 Å². The molecule has 6 heteroatoms. The van der Waals surface area contributed by atoms with Crippen molar-refractivity contribution in [2.75, 3.05) is 33.8 Å². The highest BCUT2D eigenvalue weighted by atomic mass is 35.5. The summed E-state index contributed by atoms with van der Waals surface area (Å²) in [6.07, 6.45) is -0.0944. The van der Waals surface area contributed by atoms with E-state index in [1.165, 1.54) is 0 Å². The molecule has 146 valence electrons. The van der Waals surface area contributed by atoms with Gasteiger partial charge in [-0.2, -0.15) is 0 Å². The summed E-state index contributed by atoms with van der Waals surface area (Å²) in [4.78, 5) is 20.7. The molecule has 1 aromatic heterocycles. The summed E-state index contributed by atoms with van der Waals surface area (Å²) < 4.78 is 6.08. The van der Waals surface area contributed by atoms with E-state index < -0.39 is 0 Å². The minimum Gasteiger partial charge on any atom is -0.373 e. The van der Waals surface area contributed by atoms with Crippen molar-refractivity contribution in [3.05, 3.63) is 70.9 Å². The third kappa shape index (κ3) is 3.65. The van der Waals surface area contributed by atoms with Crippen molar-refractivity contribution in [3.63, 3.8) is 0 Å². The maximum atomic E-state index is 13.5. The van der Waals surface area contributed by atoms with Crippen LogP contribution in [0.4, 0.5) is 0 Å². The van der Waals surface area contributed by atoms with E-state index in [4.69, 9.17) is 16.3 Å². The lowest BCUT2D eigenvalue weighted by Gasteiger charge is -2.42. The van der Waals surface area contributed by atoms with Crippen LogP contribution < -0.4 is 0 Å². The number of amides is 1. The molecule has 5 nitrogen and oxygen atoms in total. The average molecular weight is 398 g/mol. The van der Waals surface area contributed by atoms with Gasteiger partial charge >= 0.3 is 0 Å². The number of halogens is 1. The molecule has 0 unspecified atom stereocenters. The van der Waals surface area contributed by atoms with E-state index in [1.807, 2.05) is 61.5 Å². The average Bonchev–Trinajstić information content (AvgIpc) is 3.13. The van der Waals surface area contributed by atoms with Crippen molar-refractivity contribution in [1.29, 1.82) is 0 Å². The number of aromatic amines is 1. The Labute approximate surface area is 169 Å². The highest BCUT2D eigenvalue weighted by Crippen LogP contribution is 2.32. The third-order valence-corrected chi connectivity index (χ3v) is 5.47. The molecule has 1 aliphatic rings. The van der Waals surface area contributed by atoms with Crippen molar-refractivity contribution in [1.82, 2.24) is 14.8 Å². The number of likely N-dealkylation sites (N-methyl/N-ethyl adjacent to an activating group) is 1. The number of rotatable bonds is 4. The van der Waals surface area contributed by atoms with Crippen molar-refractivity contribution in [2.45, 2.75) is 12.1 Å². The predicted molar refractivity (Wildman–Crippen MR) is 112 cm³/mol. The van der Waals surface area contributed by atoms with E-state index in [1.54, 1.807) is 0 Å². The van der Waals surface area contributed by atoms with Gasteiger partial charge in [-0.25, -0.2) is 0 Å². The number of ether oxygens (including phenoxy) is 1. The zero-order chi connectivity index (χ0) is 19.7. The number of hydrogen-bond acceptors (Lipinski definition) is 3. The summed E-state index contributed by atoms with van der Waals surface area (Å²) in [5, 5.41) is 1.50. The monoisotopic (exact) mass is 397 g/mol. The zero-order valence-electron chi connectivity index (χ0n) is 16.1. The van der Waals surface area contributed by atoms with Gasteiger partial charge in [0, 0.05) is 29.0 Å². The minimum absolute atomic E-state index is 0.0341. The molecule has 4 rings (SSSR count). The molecule has 2 aromatic carbocycles. The fourth-order valence-electron chi connectivity index (χ4n) is 3.91. The maximum Gasteiger partial charge on any atom is 0.270 e. The predicted octanol–water partition coefficient (Wildman–Crippen LogP) is 3.97. The molecular weight excluding hydrogens is 374 g/mol. The number of morpholine rings is 1. The molecule has 1 amide bonds. The van der Waals surface area contributed by atoms with Crippen molar-refractivity contribution in [3.8, 4) is 0 Å². The Bertz CT molecular complexity index is 970. The van der Waals surface area contributed by atoms with Crippen molar-refractivity contribution in [2.24, 2.45) is 0 Å². The standard InChI is InChI=1S/C22H24ClN3O2/c1-25(2)14-20-21(15-7-4-3-5-8-15)26(11-12-28-20)22(27)19-13-16-17(23)9-6-10-18(16)24-19/h3-10,13,20-21,24H,11-12,14H2,1-2H3/t20-,21-/m0/s1. The Kier molecular flexibility index (Phi) is 5.40. The molecule has 0 spiro atoms. The second kappa shape index (κ2) is 7.95. The molecule has 2 atom stereocenters. The molecule has 0 bridgehead atoms. The van der Waals surface area contributed by atoms with Gasteiger partial charge < -0.3 is 19.5 Å². The number of fused-ring (bicyclic) bond motifs is 1. The molecule has 0 saturated carbocycles. The number of nitrogens with zero attached hydrogens (tertiary/aromatic N) is 2. The molecule has 1 N–H and O–H groups in total. The van der Waals surface area contributed by atoms with Crippen LogP contribution in [-0.2, 0) is 4.74 Å². The summed E-state index contributed by atoms with van der Waals surface area (Å²) in [5.74, 6) is -0.0341. The highest BCUT2D eigenvalue weighted by Gasteiger charge is 2.37. The van der Waals surface area contributed by atoms with E-state index in [0.717, 1.165) is 23.0 Å². The van der Waals surface area contributed by atoms with E-state index in [0.29, 0.717) is 23.9 Å². The quantitative estimate of drug-likeness (QED) is 0.724. The van der Waals surface area contributed by atoms with Crippen LogP contribution in [0.3, 0.4) is 0 Å².